The summed E-state index contributed by atoms with van der Waals surface area (Å²) in [6, 6.07) is 8.77. The largest absolute Gasteiger partial charge is 0.397 e. The highest BCUT2D eigenvalue weighted by Crippen LogP contribution is 2.30. The van der Waals surface area contributed by atoms with Crippen molar-refractivity contribution in [2.75, 3.05) is 5.73 Å². The highest BCUT2D eigenvalue weighted by Gasteiger charge is 2.09. The molecule has 0 fully saturated rings. The van der Waals surface area contributed by atoms with E-state index in [0.29, 0.717) is 6.04 Å². The van der Waals surface area contributed by atoms with E-state index in [0.717, 1.165) is 11.3 Å². The molecule has 0 unspecified atom stereocenters. The van der Waals surface area contributed by atoms with Gasteiger partial charge in [0.1, 0.15) is 0 Å². The predicted molar refractivity (Wildman–Crippen MR) is 69.4 cm³/mol. The molecule has 0 radical (unpaired) electrons. The molecule has 0 bridgehead atoms. The van der Waals surface area contributed by atoms with Crippen molar-refractivity contribution in [2.45, 2.75) is 26.8 Å². The van der Waals surface area contributed by atoms with Crippen LogP contribution in [0.5, 0.6) is 0 Å². The molecule has 0 atom stereocenters. The van der Waals surface area contributed by atoms with Crippen LogP contribution >= 0.6 is 0 Å². The van der Waals surface area contributed by atoms with E-state index in [1.165, 1.54) is 11.1 Å². The Hall–Kier alpha value is -1.70. The lowest BCUT2D eigenvalue weighted by atomic mass is 10.0. The van der Waals surface area contributed by atoms with Gasteiger partial charge in [0.05, 0.1) is 5.69 Å². The van der Waals surface area contributed by atoms with Crippen molar-refractivity contribution < 1.29 is 0 Å². The lowest BCUT2D eigenvalue weighted by Gasteiger charge is -2.06. The van der Waals surface area contributed by atoms with Gasteiger partial charge in [0.15, 0.2) is 0 Å². The van der Waals surface area contributed by atoms with Gasteiger partial charge in [-0.1, -0.05) is 24.3 Å². The molecule has 2 rings (SSSR count). The maximum atomic E-state index is 6.06. The molecule has 2 aromatic rings. The van der Waals surface area contributed by atoms with Crippen LogP contribution in [0.1, 0.15) is 25.5 Å². The first-order valence-corrected chi connectivity index (χ1v) is 5.62. The third-order valence-electron chi connectivity index (χ3n) is 2.91. The predicted octanol–water partition coefficient (Wildman–Crippen LogP) is 3.63. The first kappa shape index (κ1) is 10.8. The molecule has 0 aliphatic rings. The third-order valence-corrected chi connectivity index (χ3v) is 2.91. The molecule has 0 saturated carbocycles. The standard InChI is InChI=1S/C14H18N2/c1-10(2)16-8-13(14(15)9-16)12-7-5-4-6-11(12)3/h4-10H,15H2,1-3H3. The first-order chi connectivity index (χ1) is 7.59. The maximum Gasteiger partial charge on any atom is 0.0573 e. The van der Waals surface area contributed by atoms with Gasteiger partial charge in [-0.2, -0.15) is 0 Å². The minimum Gasteiger partial charge on any atom is -0.397 e. The zero-order valence-electron chi connectivity index (χ0n) is 10.1. The number of nitrogen functional groups attached to an aromatic ring is 1. The first-order valence-electron chi connectivity index (χ1n) is 5.62. The van der Waals surface area contributed by atoms with E-state index in [1.54, 1.807) is 0 Å². The summed E-state index contributed by atoms with van der Waals surface area (Å²) in [5, 5.41) is 0. The van der Waals surface area contributed by atoms with Crippen LogP contribution in [0.4, 0.5) is 5.69 Å². The second-order valence-corrected chi connectivity index (χ2v) is 4.48. The van der Waals surface area contributed by atoms with E-state index in [9.17, 15) is 0 Å². The van der Waals surface area contributed by atoms with Gasteiger partial charge in [-0.25, -0.2) is 0 Å². The molecule has 2 N–H and O–H groups in total. The van der Waals surface area contributed by atoms with Gasteiger partial charge in [0.2, 0.25) is 0 Å². The summed E-state index contributed by atoms with van der Waals surface area (Å²) in [4.78, 5) is 0. The number of anilines is 1. The number of benzene rings is 1. The van der Waals surface area contributed by atoms with Crippen molar-refractivity contribution in [1.29, 1.82) is 0 Å². The van der Waals surface area contributed by atoms with Crippen molar-refractivity contribution in [3.05, 3.63) is 42.2 Å². The van der Waals surface area contributed by atoms with Crippen LogP contribution in [0.2, 0.25) is 0 Å². The van der Waals surface area contributed by atoms with Gasteiger partial charge in [0.25, 0.3) is 0 Å². The van der Waals surface area contributed by atoms with Crippen LogP contribution in [-0.2, 0) is 0 Å². The average Bonchev–Trinajstić information content (AvgIpc) is 2.61. The Morgan fingerprint density at radius 2 is 1.75 bits per heavy atom. The van der Waals surface area contributed by atoms with E-state index in [1.807, 2.05) is 6.20 Å². The van der Waals surface area contributed by atoms with Crippen LogP contribution in [0, 0.1) is 6.92 Å². The average molecular weight is 214 g/mol. The minimum atomic E-state index is 0.445. The molecular weight excluding hydrogens is 196 g/mol. The van der Waals surface area contributed by atoms with Crippen LogP contribution in [0.15, 0.2) is 36.7 Å². The summed E-state index contributed by atoms with van der Waals surface area (Å²) in [6.45, 7) is 6.42. The summed E-state index contributed by atoms with van der Waals surface area (Å²) in [6.07, 6.45) is 4.13. The van der Waals surface area contributed by atoms with Crippen molar-refractivity contribution in [1.82, 2.24) is 4.57 Å². The van der Waals surface area contributed by atoms with E-state index in [-0.39, 0.29) is 0 Å². The zero-order chi connectivity index (χ0) is 11.7. The molecule has 2 nitrogen and oxygen atoms in total. The Labute approximate surface area is 96.7 Å². The van der Waals surface area contributed by atoms with E-state index >= 15 is 0 Å². The van der Waals surface area contributed by atoms with Crippen LogP contribution < -0.4 is 5.73 Å². The smallest absolute Gasteiger partial charge is 0.0573 e. The van der Waals surface area contributed by atoms with Crippen LogP contribution in [0.3, 0.4) is 0 Å². The number of aryl methyl sites for hydroxylation is 1. The second kappa shape index (κ2) is 4.05. The number of aromatic nitrogens is 1. The van der Waals surface area contributed by atoms with Gasteiger partial charge in [-0.15, -0.1) is 0 Å². The third kappa shape index (κ3) is 1.83. The van der Waals surface area contributed by atoms with Crippen molar-refractivity contribution in [3.8, 4) is 11.1 Å². The summed E-state index contributed by atoms with van der Waals surface area (Å²) < 4.78 is 2.15. The Kier molecular flexibility index (Phi) is 2.73. The van der Waals surface area contributed by atoms with Gasteiger partial charge in [-0.05, 0) is 31.9 Å². The van der Waals surface area contributed by atoms with Crippen molar-refractivity contribution in [2.24, 2.45) is 0 Å². The van der Waals surface area contributed by atoms with Gasteiger partial charge in [-0.3, -0.25) is 0 Å². The van der Waals surface area contributed by atoms with Crippen molar-refractivity contribution >= 4 is 5.69 Å². The Balaban J connectivity index is 2.52. The summed E-state index contributed by atoms with van der Waals surface area (Å²) in [5.74, 6) is 0. The highest BCUT2D eigenvalue weighted by atomic mass is 15.0. The maximum absolute atomic E-state index is 6.06. The topological polar surface area (TPSA) is 30.9 Å². The van der Waals surface area contributed by atoms with E-state index in [2.05, 4.69) is 55.8 Å². The molecule has 1 heterocycles. The molecule has 0 aliphatic heterocycles. The summed E-state index contributed by atoms with van der Waals surface area (Å²) in [5.41, 5.74) is 10.5. The molecular formula is C14H18N2. The Morgan fingerprint density at radius 3 is 2.31 bits per heavy atom. The van der Waals surface area contributed by atoms with Crippen molar-refractivity contribution in [3.63, 3.8) is 0 Å². The summed E-state index contributed by atoms with van der Waals surface area (Å²) >= 11 is 0. The molecule has 0 spiro atoms. The lowest BCUT2D eigenvalue weighted by molar-refractivity contribution is 0.604. The van der Waals surface area contributed by atoms with E-state index < -0.39 is 0 Å². The number of hydrogen-bond donors (Lipinski definition) is 1. The van der Waals surface area contributed by atoms with Crippen LogP contribution in [-0.4, -0.2) is 4.57 Å². The SMILES string of the molecule is Cc1ccccc1-c1cn(C(C)C)cc1N. The number of rotatable bonds is 2. The highest BCUT2D eigenvalue weighted by molar-refractivity contribution is 5.78. The van der Waals surface area contributed by atoms with Crippen LogP contribution in [0.25, 0.3) is 11.1 Å². The molecule has 0 aliphatic carbocycles. The number of nitrogens with zero attached hydrogens (tertiary/aromatic N) is 1. The molecule has 1 aromatic carbocycles. The molecule has 0 amide bonds. The normalized spacial score (nSPS) is 11.0. The minimum absolute atomic E-state index is 0.445. The molecule has 16 heavy (non-hydrogen) atoms. The Morgan fingerprint density at radius 1 is 1.06 bits per heavy atom. The fourth-order valence-corrected chi connectivity index (χ4v) is 1.89. The molecule has 84 valence electrons. The monoisotopic (exact) mass is 214 g/mol. The van der Waals surface area contributed by atoms with Gasteiger partial charge < -0.3 is 10.3 Å². The fraction of sp³-hybridized carbons (Fsp3) is 0.286. The molecule has 1 aromatic heterocycles. The van der Waals surface area contributed by atoms with Gasteiger partial charge >= 0.3 is 0 Å². The lowest BCUT2D eigenvalue weighted by Crippen LogP contribution is -1.95. The number of nitrogens with two attached hydrogens (primary N) is 1. The second-order valence-electron chi connectivity index (χ2n) is 4.48. The quantitative estimate of drug-likeness (QED) is 0.813. The fourth-order valence-electron chi connectivity index (χ4n) is 1.89. The number of hydrogen-bond acceptors (Lipinski definition) is 1. The molecule has 0 saturated heterocycles. The zero-order valence-corrected chi connectivity index (χ0v) is 10.1. The van der Waals surface area contributed by atoms with Gasteiger partial charge in [0, 0.05) is 24.0 Å². The molecule has 2 heteroatoms. The Bertz CT molecular complexity index is 495. The van der Waals surface area contributed by atoms with E-state index in [4.69, 9.17) is 5.73 Å². The summed E-state index contributed by atoms with van der Waals surface area (Å²) in [7, 11) is 0.